The first-order valence-electron chi connectivity index (χ1n) is 8.98. The third-order valence-electron chi connectivity index (χ3n) is 4.62. The lowest BCUT2D eigenvalue weighted by Crippen LogP contribution is -2.44. The number of carbonyl (C=O) groups excluding carboxylic acids is 1. The Morgan fingerprint density at radius 2 is 2.07 bits per heavy atom. The fraction of sp³-hybridized carbons (Fsp3) is 0.421. The lowest BCUT2D eigenvalue weighted by Gasteiger charge is -2.32. The van der Waals surface area contributed by atoms with E-state index >= 15 is 0 Å². The molecule has 0 spiro atoms. The van der Waals surface area contributed by atoms with Crippen LogP contribution in [0.4, 0.5) is 5.95 Å². The van der Waals surface area contributed by atoms with Gasteiger partial charge in [0.25, 0.3) is 5.91 Å². The second kappa shape index (κ2) is 8.54. The van der Waals surface area contributed by atoms with Gasteiger partial charge in [-0.05, 0) is 31.0 Å². The van der Waals surface area contributed by atoms with Gasteiger partial charge in [-0.2, -0.15) is 4.98 Å². The van der Waals surface area contributed by atoms with Gasteiger partial charge in [0.1, 0.15) is 5.75 Å². The van der Waals surface area contributed by atoms with Crippen LogP contribution in [0.15, 0.2) is 30.5 Å². The van der Waals surface area contributed by atoms with E-state index in [-0.39, 0.29) is 18.0 Å². The number of ether oxygens (including phenoxy) is 1. The van der Waals surface area contributed by atoms with Crippen molar-refractivity contribution in [3.05, 3.63) is 41.0 Å². The minimum atomic E-state index is -0.834. The molecule has 3 N–H and O–H groups in total. The Morgan fingerprint density at radius 1 is 1.30 bits per heavy atom. The summed E-state index contributed by atoms with van der Waals surface area (Å²) in [7, 11) is 1.71. The van der Waals surface area contributed by atoms with Gasteiger partial charge < -0.3 is 20.5 Å². The zero-order chi connectivity index (χ0) is 19.3. The van der Waals surface area contributed by atoms with Gasteiger partial charge in [-0.1, -0.05) is 30.9 Å². The second-order valence-electron chi connectivity index (χ2n) is 6.68. The number of anilines is 1. The number of carbonyl (C=O) groups is 1. The van der Waals surface area contributed by atoms with Crippen LogP contribution in [0, 0.1) is 0 Å². The zero-order valence-electron chi connectivity index (χ0n) is 15.2. The van der Waals surface area contributed by atoms with Gasteiger partial charge in [0.05, 0.1) is 16.2 Å². The number of rotatable bonds is 6. The van der Waals surface area contributed by atoms with Crippen LogP contribution in [0.25, 0.3) is 0 Å². The smallest absolute Gasteiger partial charge is 0.253 e. The number of amides is 1. The molecule has 2 aromatic rings. The predicted molar refractivity (Wildman–Crippen MR) is 103 cm³/mol. The molecule has 1 aliphatic rings. The van der Waals surface area contributed by atoms with Crippen molar-refractivity contribution in [1.82, 2.24) is 15.3 Å². The van der Waals surface area contributed by atoms with Crippen molar-refractivity contribution in [2.75, 3.05) is 18.9 Å². The summed E-state index contributed by atoms with van der Waals surface area (Å²) in [6, 6.07) is 6.44. The Hall–Kier alpha value is -2.38. The number of aromatic nitrogens is 2. The van der Waals surface area contributed by atoms with E-state index in [1.165, 1.54) is 0 Å². The maximum absolute atomic E-state index is 12.6. The molecule has 144 valence electrons. The van der Waals surface area contributed by atoms with E-state index in [1.807, 2.05) is 0 Å². The Labute approximate surface area is 163 Å². The Morgan fingerprint density at radius 3 is 2.81 bits per heavy atom. The van der Waals surface area contributed by atoms with E-state index in [9.17, 15) is 9.90 Å². The van der Waals surface area contributed by atoms with E-state index in [0.717, 1.165) is 19.3 Å². The first-order valence-corrected chi connectivity index (χ1v) is 9.36. The molecule has 1 aromatic carbocycles. The first-order chi connectivity index (χ1) is 13.0. The van der Waals surface area contributed by atoms with Crippen molar-refractivity contribution in [3.63, 3.8) is 0 Å². The van der Waals surface area contributed by atoms with Gasteiger partial charge in [0, 0.05) is 25.9 Å². The highest BCUT2D eigenvalue weighted by Crippen LogP contribution is 2.28. The maximum atomic E-state index is 12.6. The quantitative estimate of drug-likeness (QED) is 0.699. The van der Waals surface area contributed by atoms with Crippen molar-refractivity contribution in [1.29, 1.82) is 0 Å². The normalized spacial score (nSPS) is 15.8. The van der Waals surface area contributed by atoms with Crippen molar-refractivity contribution in [3.8, 4) is 11.6 Å². The summed E-state index contributed by atoms with van der Waals surface area (Å²) < 4.78 is 5.70. The van der Waals surface area contributed by atoms with Crippen LogP contribution < -0.4 is 15.4 Å². The van der Waals surface area contributed by atoms with Gasteiger partial charge >= 0.3 is 0 Å². The summed E-state index contributed by atoms with van der Waals surface area (Å²) in [6.45, 7) is 0.213. The summed E-state index contributed by atoms with van der Waals surface area (Å²) in [5.41, 5.74) is -0.546. The van der Waals surface area contributed by atoms with E-state index in [4.69, 9.17) is 16.3 Å². The van der Waals surface area contributed by atoms with E-state index in [0.29, 0.717) is 35.4 Å². The van der Waals surface area contributed by atoms with Gasteiger partial charge in [0.15, 0.2) is 0 Å². The number of hydrogen-bond donors (Lipinski definition) is 3. The summed E-state index contributed by atoms with van der Waals surface area (Å²) in [5, 5.41) is 16.5. The maximum Gasteiger partial charge on any atom is 0.253 e. The second-order valence-corrected chi connectivity index (χ2v) is 7.09. The summed E-state index contributed by atoms with van der Waals surface area (Å²) in [5.74, 6) is 0.865. The van der Waals surface area contributed by atoms with Crippen molar-refractivity contribution >= 4 is 23.5 Å². The van der Waals surface area contributed by atoms with Crippen LogP contribution in [0.5, 0.6) is 11.6 Å². The van der Waals surface area contributed by atoms with E-state index in [2.05, 4.69) is 20.6 Å². The third kappa shape index (κ3) is 5.08. The molecule has 8 heteroatoms. The molecule has 0 saturated heterocycles. The summed E-state index contributed by atoms with van der Waals surface area (Å²) in [4.78, 5) is 20.8. The Bertz CT molecular complexity index is 809. The molecule has 1 heterocycles. The average Bonchev–Trinajstić information content (AvgIpc) is 2.68. The Kier molecular flexibility index (Phi) is 6.13. The number of nitrogens with one attached hydrogen (secondary N) is 2. The van der Waals surface area contributed by atoms with Crippen LogP contribution >= 0.6 is 11.6 Å². The monoisotopic (exact) mass is 390 g/mol. The molecule has 1 aliphatic carbocycles. The lowest BCUT2D eigenvalue weighted by molar-refractivity contribution is 0.00526. The number of halogens is 1. The predicted octanol–water partition coefficient (Wildman–Crippen LogP) is 3.39. The van der Waals surface area contributed by atoms with Gasteiger partial charge in [-0.15, -0.1) is 0 Å². The molecule has 0 radical (unpaired) electrons. The summed E-state index contributed by atoms with van der Waals surface area (Å²) in [6.07, 6.45) is 6.05. The molecule has 0 atom stereocenters. The van der Waals surface area contributed by atoms with E-state index in [1.54, 1.807) is 37.5 Å². The molecular weight excluding hydrogens is 368 g/mol. The zero-order valence-corrected chi connectivity index (χ0v) is 15.9. The van der Waals surface area contributed by atoms with Crippen LogP contribution in [0.2, 0.25) is 5.02 Å². The SMILES string of the molecule is CNc1nccc(Oc2ccc(Cl)c(C(=O)NCC3(O)CCCCC3)c2)n1. The average molecular weight is 391 g/mol. The largest absolute Gasteiger partial charge is 0.439 e. The van der Waals surface area contributed by atoms with Crippen LogP contribution in [0.1, 0.15) is 42.5 Å². The molecule has 0 unspecified atom stereocenters. The topological polar surface area (TPSA) is 96.4 Å². The molecule has 0 bridgehead atoms. The van der Waals surface area contributed by atoms with Crippen molar-refractivity contribution in [2.24, 2.45) is 0 Å². The first kappa shape index (κ1) is 19.4. The molecule has 1 saturated carbocycles. The Balaban J connectivity index is 1.69. The highest BCUT2D eigenvalue weighted by molar-refractivity contribution is 6.33. The minimum Gasteiger partial charge on any atom is -0.439 e. The van der Waals surface area contributed by atoms with Crippen molar-refractivity contribution < 1.29 is 14.6 Å². The molecule has 0 aliphatic heterocycles. The molecule has 27 heavy (non-hydrogen) atoms. The van der Waals surface area contributed by atoms with Gasteiger partial charge in [0.2, 0.25) is 11.8 Å². The number of hydrogen-bond acceptors (Lipinski definition) is 6. The fourth-order valence-electron chi connectivity index (χ4n) is 3.11. The molecule has 3 rings (SSSR count). The van der Waals surface area contributed by atoms with Gasteiger partial charge in [-0.25, -0.2) is 4.98 Å². The lowest BCUT2D eigenvalue weighted by atomic mass is 9.85. The number of nitrogens with zero attached hydrogens (tertiary/aromatic N) is 2. The number of aliphatic hydroxyl groups is 1. The highest BCUT2D eigenvalue weighted by Gasteiger charge is 2.29. The highest BCUT2D eigenvalue weighted by atomic mass is 35.5. The van der Waals surface area contributed by atoms with Crippen LogP contribution in [0.3, 0.4) is 0 Å². The third-order valence-corrected chi connectivity index (χ3v) is 4.95. The molecule has 1 fully saturated rings. The fourth-order valence-corrected chi connectivity index (χ4v) is 3.31. The molecular formula is C19H23ClN4O3. The van der Waals surface area contributed by atoms with Crippen LogP contribution in [-0.4, -0.2) is 40.2 Å². The minimum absolute atomic E-state index is 0.213. The van der Waals surface area contributed by atoms with E-state index < -0.39 is 5.60 Å². The number of benzene rings is 1. The molecule has 1 amide bonds. The van der Waals surface area contributed by atoms with Gasteiger partial charge in [-0.3, -0.25) is 4.79 Å². The van der Waals surface area contributed by atoms with Crippen molar-refractivity contribution in [2.45, 2.75) is 37.7 Å². The van der Waals surface area contributed by atoms with Crippen LogP contribution in [-0.2, 0) is 0 Å². The molecule has 7 nitrogen and oxygen atoms in total. The molecule has 1 aromatic heterocycles. The summed E-state index contributed by atoms with van der Waals surface area (Å²) >= 11 is 6.18. The standard InChI is InChI=1S/C19H23ClN4O3/c1-21-18-22-10-7-16(24-18)27-13-5-6-15(20)14(11-13)17(25)23-12-19(26)8-3-2-4-9-19/h5-7,10-11,26H,2-4,8-9,12H2,1H3,(H,23,25)(H,21,22,24).